The molecule has 2 atom stereocenters. The summed E-state index contributed by atoms with van der Waals surface area (Å²) in [5.41, 5.74) is 5.48. The van der Waals surface area contributed by atoms with Crippen LogP contribution in [0.4, 0.5) is 0 Å². The molecular formula is C48H90N2O5. The van der Waals surface area contributed by atoms with Gasteiger partial charge >= 0.3 is 11.9 Å². The summed E-state index contributed by atoms with van der Waals surface area (Å²) < 4.78 is 5.96. The van der Waals surface area contributed by atoms with Gasteiger partial charge in [0.2, 0.25) is 5.91 Å². The lowest BCUT2D eigenvalue weighted by atomic mass is 10.0. The van der Waals surface area contributed by atoms with E-state index in [1.165, 1.54) is 135 Å². The number of carbonyl (C=O) groups is 3. The highest BCUT2D eigenvalue weighted by molar-refractivity contribution is 5.83. The predicted molar refractivity (Wildman–Crippen MR) is 234 cm³/mol. The van der Waals surface area contributed by atoms with Gasteiger partial charge in [0.05, 0.1) is 0 Å². The molecule has 7 nitrogen and oxygen atoms in total. The summed E-state index contributed by atoms with van der Waals surface area (Å²) in [7, 11) is 0. The molecule has 1 amide bonds. The van der Waals surface area contributed by atoms with Crippen LogP contribution < -0.4 is 11.1 Å². The second-order valence-corrected chi connectivity index (χ2v) is 16.2. The minimum atomic E-state index is -1.00. The van der Waals surface area contributed by atoms with Crippen LogP contribution in [-0.2, 0) is 19.1 Å². The Morgan fingerprint density at radius 1 is 0.545 bits per heavy atom. The van der Waals surface area contributed by atoms with Crippen molar-refractivity contribution in [1.29, 1.82) is 0 Å². The average Bonchev–Trinajstić information content (AvgIpc) is 3.17. The largest absolute Gasteiger partial charge is 0.480 e. The predicted octanol–water partition coefficient (Wildman–Crippen LogP) is 13.6. The van der Waals surface area contributed by atoms with Crippen LogP contribution in [0.3, 0.4) is 0 Å². The minimum absolute atomic E-state index is 0.0699. The number of allylic oxidation sites excluding steroid dienone is 3. The number of carboxylic acid groups (broad SMARTS) is 1. The van der Waals surface area contributed by atoms with E-state index in [0.717, 1.165) is 70.6 Å². The Balaban J connectivity index is 4.19. The second kappa shape index (κ2) is 43.0. The van der Waals surface area contributed by atoms with Crippen molar-refractivity contribution in [3.8, 4) is 0 Å². The van der Waals surface area contributed by atoms with Gasteiger partial charge in [0.25, 0.3) is 0 Å². The van der Waals surface area contributed by atoms with Crippen LogP contribution >= 0.6 is 0 Å². The molecule has 0 fully saturated rings. The molecule has 55 heavy (non-hydrogen) atoms. The fourth-order valence-electron chi connectivity index (χ4n) is 7.17. The first kappa shape index (κ1) is 52.9. The van der Waals surface area contributed by atoms with Crippen molar-refractivity contribution in [3.63, 3.8) is 0 Å². The van der Waals surface area contributed by atoms with E-state index in [1.807, 2.05) is 0 Å². The maximum absolute atomic E-state index is 12.8. The minimum Gasteiger partial charge on any atom is -0.480 e. The number of aliphatic carboxylic acids is 1. The molecule has 0 bridgehead atoms. The third-order valence-electron chi connectivity index (χ3n) is 10.8. The fourth-order valence-corrected chi connectivity index (χ4v) is 7.17. The Morgan fingerprint density at radius 2 is 1.00 bits per heavy atom. The summed E-state index contributed by atoms with van der Waals surface area (Å²) in [5, 5.41) is 11.9. The SMILES string of the molecule is CCCCCC/C=C\C/C=C\C(CCCCCCCCC(=O)NC(CCCN)C(=O)O)OC(=O)CCCCCCCCCCCCCCCCCCCCC. The number of amides is 1. The first-order chi connectivity index (χ1) is 26.9. The van der Waals surface area contributed by atoms with Crippen LogP contribution in [0.2, 0.25) is 0 Å². The Hall–Kier alpha value is -2.15. The third kappa shape index (κ3) is 39.9. The van der Waals surface area contributed by atoms with Crippen molar-refractivity contribution in [2.75, 3.05) is 6.54 Å². The number of esters is 1. The smallest absolute Gasteiger partial charge is 0.326 e. The van der Waals surface area contributed by atoms with Gasteiger partial charge in [-0.25, -0.2) is 4.79 Å². The summed E-state index contributed by atoms with van der Waals surface area (Å²) in [5.74, 6) is -1.28. The van der Waals surface area contributed by atoms with E-state index in [4.69, 9.17) is 10.5 Å². The zero-order chi connectivity index (χ0) is 40.3. The quantitative estimate of drug-likeness (QED) is 0.0322. The van der Waals surface area contributed by atoms with Gasteiger partial charge in [-0.3, -0.25) is 9.59 Å². The van der Waals surface area contributed by atoms with Crippen LogP contribution in [0.1, 0.15) is 245 Å². The molecule has 322 valence electrons. The summed E-state index contributed by atoms with van der Waals surface area (Å²) in [6.45, 7) is 4.94. The molecule has 0 aromatic rings. The zero-order valence-electron chi connectivity index (χ0n) is 36.3. The molecule has 0 aromatic heterocycles. The Kier molecular flexibility index (Phi) is 41.3. The summed E-state index contributed by atoms with van der Waals surface area (Å²) in [4.78, 5) is 36.3. The standard InChI is InChI=1S/C48H90N2O5/c1-3-5-7-9-11-13-14-15-16-17-18-19-20-21-22-24-26-32-36-42-47(52)55-44(38-33-29-25-23-12-10-8-6-4-2)39-34-30-27-28-31-35-41-46(51)50-45(48(53)54)40-37-43-49/h23,25,33,38,44-45H,3-22,24,26-32,34-37,39-43,49H2,1-2H3,(H,50,51)(H,53,54)/b25-23-,38-33-. The van der Waals surface area contributed by atoms with E-state index in [9.17, 15) is 19.5 Å². The third-order valence-corrected chi connectivity index (χ3v) is 10.8. The normalized spacial score (nSPS) is 12.8. The number of ether oxygens (including phenoxy) is 1. The van der Waals surface area contributed by atoms with Gasteiger partial charge in [0.1, 0.15) is 12.1 Å². The van der Waals surface area contributed by atoms with Gasteiger partial charge in [-0.2, -0.15) is 0 Å². The lowest BCUT2D eigenvalue weighted by Crippen LogP contribution is -2.40. The van der Waals surface area contributed by atoms with Gasteiger partial charge in [-0.15, -0.1) is 0 Å². The van der Waals surface area contributed by atoms with Crippen molar-refractivity contribution < 1.29 is 24.2 Å². The number of hydrogen-bond donors (Lipinski definition) is 3. The van der Waals surface area contributed by atoms with E-state index in [0.29, 0.717) is 32.2 Å². The molecule has 0 aliphatic carbocycles. The Bertz CT molecular complexity index is 920. The van der Waals surface area contributed by atoms with E-state index < -0.39 is 12.0 Å². The maximum Gasteiger partial charge on any atom is 0.326 e. The summed E-state index contributed by atoms with van der Waals surface area (Å²) >= 11 is 0. The molecule has 0 aliphatic rings. The molecule has 0 aliphatic heterocycles. The van der Waals surface area contributed by atoms with Crippen molar-refractivity contribution in [2.45, 2.75) is 257 Å². The van der Waals surface area contributed by atoms with E-state index in [-0.39, 0.29) is 18.0 Å². The van der Waals surface area contributed by atoms with E-state index in [1.54, 1.807) is 0 Å². The topological polar surface area (TPSA) is 119 Å². The van der Waals surface area contributed by atoms with Gasteiger partial charge in [0.15, 0.2) is 0 Å². The number of rotatable bonds is 43. The van der Waals surface area contributed by atoms with Crippen LogP contribution in [0.15, 0.2) is 24.3 Å². The molecule has 0 heterocycles. The number of unbranched alkanes of at least 4 members (excludes halogenated alkanes) is 27. The van der Waals surface area contributed by atoms with Crippen LogP contribution in [0.5, 0.6) is 0 Å². The number of carboxylic acids is 1. The second-order valence-electron chi connectivity index (χ2n) is 16.2. The Labute approximate surface area is 340 Å². The lowest BCUT2D eigenvalue weighted by Gasteiger charge is -2.15. The van der Waals surface area contributed by atoms with E-state index >= 15 is 0 Å². The highest BCUT2D eigenvalue weighted by Gasteiger charge is 2.18. The van der Waals surface area contributed by atoms with Crippen molar-refractivity contribution in [3.05, 3.63) is 24.3 Å². The summed E-state index contributed by atoms with van der Waals surface area (Å²) in [6, 6.07) is -0.854. The highest BCUT2D eigenvalue weighted by Crippen LogP contribution is 2.17. The Morgan fingerprint density at radius 3 is 1.49 bits per heavy atom. The molecule has 0 saturated heterocycles. The van der Waals surface area contributed by atoms with Gasteiger partial charge in [-0.05, 0) is 70.4 Å². The molecule has 0 aromatic carbocycles. The van der Waals surface area contributed by atoms with Gasteiger partial charge in [-0.1, -0.05) is 193 Å². The number of carbonyl (C=O) groups excluding carboxylic acids is 2. The molecule has 0 spiro atoms. The molecule has 0 saturated carbocycles. The number of nitrogens with one attached hydrogen (secondary N) is 1. The molecule has 4 N–H and O–H groups in total. The fraction of sp³-hybridized carbons (Fsp3) is 0.854. The first-order valence-electron chi connectivity index (χ1n) is 23.7. The van der Waals surface area contributed by atoms with Gasteiger partial charge in [0, 0.05) is 12.8 Å². The van der Waals surface area contributed by atoms with Crippen molar-refractivity contribution in [1.82, 2.24) is 5.32 Å². The lowest BCUT2D eigenvalue weighted by molar-refractivity contribution is -0.147. The van der Waals surface area contributed by atoms with Crippen LogP contribution in [0.25, 0.3) is 0 Å². The molecule has 7 heteroatoms. The monoisotopic (exact) mass is 775 g/mol. The van der Waals surface area contributed by atoms with Crippen LogP contribution in [-0.4, -0.2) is 41.6 Å². The zero-order valence-corrected chi connectivity index (χ0v) is 36.3. The van der Waals surface area contributed by atoms with E-state index in [2.05, 4.69) is 43.5 Å². The first-order valence-corrected chi connectivity index (χ1v) is 23.7. The summed E-state index contributed by atoms with van der Waals surface area (Å²) in [6.07, 6.45) is 49.7. The van der Waals surface area contributed by atoms with Gasteiger partial charge < -0.3 is 20.9 Å². The van der Waals surface area contributed by atoms with Crippen molar-refractivity contribution >= 4 is 17.8 Å². The maximum atomic E-state index is 12.8. The number of hydrogen-bond acceptors (Lipinski definition) is 5. The van der Waals surface area contributed by atoms with Crippen LogP contribution in [0, 0.1) is 0 Å². The van der Waals surface area contributed by atoms with Crippen molar-refractivity contribution in [2.24, 2.45) is 5.73 Å². The highest BCUT2D eigenvalue weighted by atomic mass is 16.5. The molecule has 0 radical (unpaired) electrons. The average molecular weight is 775 g/mol. The number of nitrogens with two attached hydrogens (primary N) is 1. The molecule has 0 rings (SSSR count). The molecular weight excluding hydrogens is 685 g/mol. The molecule has 2 unspecified atom stereocenters.